The Bertz CT molecular complexity index is 934. The van der Waals surface area contributed by atoms with E-state index in [1.54, 1.807) is 31.2 Å². The lowest BCUT2D eigenvalue weighted by atomic mass is 9.95. The van der Waals surface area contributed by atoms with Gasteiger partial charge in [-0.2, -0.15) is 0 Å². The number of hydrogen-bond donors (Lipinski definition) is 1. The maximum absolute atomic E-state index is 13.0. The average molecular weight is 410 g/mol. The quantitative estimate of drug-likeness (QED) is 0.725. The van der Waals surface area contributed by atoms with E-state index in [9.17, 15) is 14.7 Å². The van der Waals surface area contributed by atoms with Gasteiger partial charge in [-0.15, -0.1) is 0 Å². The topological polar surface area (TPSA) is 80.0 Å². The van der Waals surface area contributed by atoms with Crippen molar-refractivity contribution >= 4 is 34.9 Å². The van der Waals surface area contributed by atoms with E-state index in [4.69, 9.17) is 32.4 Å². The highest BCUT2D eigenvalue weighted by molar-refractivity contribution is 6.42. The first-order valence-electron chi connectivity index (χ1n) is 8.14. The number of ether oxygens (including phenoxy) is 1. The second-order valence-electron chi connectivity index (χ2n) is 6.07. The first-order chi connectivity index (χ1) is 12.8. The first-order valence-corrected chi connectivity index (χ1v) is 8.90. The van der Waals surface area contributed by atoms with Gasteiger partial charge < -0.3 is 19.2 Å². The molecule has 2 aromatic rings. The van der Waals surface area contributed by atoms with Crippen molar-refractivity contribution in [2.24, 2.45) is 0 Å². The molecule has 27 heavy (non-hydrogen) atoms. The molecule has 142 valence electrons. The Kier molecular flexibility index (Phi) is 5.60. The molecule has 1 aliphatic rings. The Hall–Kier alpha value is -2.28. The van der Waals surface area contributed by atoms with E-state index in [0.29, 0.717) is 16.3 Å². The number of hydrogen-bond acceptors (Lipinski definition) is 5. The number of ketones is 1. The number of rotatable bonds is 6. The van der Waals surface area contributed by atoms with Crippen molar-refractivity contribution in [3.05, 3.63) is 68.8 Å². The van der Waals surface area contributed by atoms with Gasteiger partial charge in [-0.3, -0.25) is 9.59 Å². The average Bonchev–Trinajstić information content (AvgIpc) is 3.18. The predicted molar refractivity (Wildman–Crippen MR) is 100 cm³/mol. The van der Waals surface area contributed by atoms with Crippen LogP contribution in [0.5, 0.6) is 0 Å². The molecule has 3 rings (SSSR count). The van der Waals surface area contributed by atoms with Crippen LogP contribution in [0.25, 0.3) is 0 Å². The van der Waals surface area contributed by atoms with Crippen LogP contribution in [0, 0.1) is 6.92 Å². The number of aryl methyl sites for hydroxylation is 1. The zero-order chi connectivity index (χ0) is 19.7. The van der Waals surface area contributed by atoms with E-state index < -0.39 is 23.5 Å². The van der Waals surface area contributed by atoms with Gasteiger partial charge in [0.25, 0.3) is 5.91 Å². The molecule has 1 amide bonds. The fourth-order valence-electron chi connectivity index (χ4n) is 3.02. The second kappa shape index (κ2) is 7.76. The van der Waals surface area contributed by atoms with Crippen LogP contribution in [0.15, 0.2) is 46.1 Å². The molecule has 6 nitrogen and oxygen atoms in total. The number of benzene rings is 1. The molecule has 0 saturated carbocycles. The Labute approximate surface area is 165 Å². The van der Waals surface area contributed by atoms with E-state index in [1.165, 1.54) is 18.1 Å². The number of carbonyl (C=O) groups is 2. The lowest BCUT2D eigenvalue weighted by Gasteiger charge is -2.26. The van der Waals surface area contributed by atoms with Crippen molar-refractivity contribution in [2.45, 2.75) is 13.0 Å². The van der Waals surface area contributed by atoms with E-state index in [2.05, 4.69) is 0 Å². The van der Waals surface area contributed by atoms with Gasteiger partial charge in [0, 0.05) is 13.7 Å². The largest absolute Gasteiger partial charge is 0.503 e. The lowest BCUT2D eigenvalue weighted by molar-refractivity contribution is -0.130. The van der Waals surface area contributed by atoms with Gasteiger partial charge in [-0.05, 0) is 36.8 Å². The Morgan fingerprint density at radius 2 is 2.00 bits per heavy atom. The van der Waals surface area contributed by atoms with Gasteiger partial charge in [0.1, 0.15) is 5.76 Å². The summed E-state index contributed by atoms with van der Waals surface area (Å²) in [4.78, 5) is 27.0. The molecule has 1 atom stereocenters. The summed E-state index contributed by atoms with van der Waals surface area (Å²) in [7, 11) is 1.50. The minimum Gasteiger partial charge on any atom is -0.503 e. The highest BCUT2D eigenvalue weighted by Crippen LogP contribution is 2.40. The first kappa shape index (κ1) is 19.5. The number of methoxy groups -OCH3 is 1. The van der Waals surface area contributed by atoms with Crippen LogP contribution in [-0.2, 0) is 9.53 Å². The van der Waals surface area contributed by atoms with Crippen molar-refractivity contribution < 1.29 is 23.8 Å². The van der Waals surface area contributed by atoms with Crippen LogP contribution >= 0.6 is 23.2 Å². The van der Waals surface area contributed by atoms with Gasteiger partial charge in [0.2, 0.25) is 5.78 Å². The Morgan fingerprint density at radius 1 is 1.26 bits per heavy atom. The third-order valence-electron chi connectivity index (χ3n) is 4.31. The summed E-state index contributed by atoms with van der Waals surface area (Å²) in [6, 6.07) is 7.11. The molecule has 8 heteroatoms. The number of furan rings is 1. The maximum Gasteiger partial charge on any atom is 0.290 e. The summed E-state index contributed by atoms with van der Waals surface area (Å²) in [5, 5.41) is 11.1. The molecule has 1 aromatic heterocycles. The SMILES string of the molecule is COCCN1C(=O)C(O)=C(C(=O)c2ccc(C)o2)C1c1ccc(Cl)c(Cl)c1. The van der Waals surface area contributed by atoms with Gasteiger partial charge >= 0.3 is 0 Å². The van der Waals surface area contributed by atoms with Crippen LogP contribution in [0.4, 0.5) is 0 Å². The van der Waals surface area contributed by atoms with Crippen molar-refractivity contribution in [2.75, 3.05) is 20.3 Å². The van der Waals surface area contributed by atoms with Crippen molar-refractivity contribution in [1.29, 1.82) is 0 Å². The Balaban J connectivity index is 2.10. The molecular formula is C19H17Cl2NO5. The minimum atomic E-state index is -0.833. The smallest absolute Gasteiger partial charge is 0.290 e. The molecule has 0 radical (unpaired) electrons. The van der Waals surface area contributed by atoms with E-state index in [0.717, 1.165) is 0 Å². The molecule has 0 bridgehead atoms. The van der Waals surface area contributed by atoms with E-state index in [1.807, 2.05) is 0 Å². The number of halogens is 2. The van der Waals surface area contributed by atoms with Crippen LogP contribution in [0.3, 0.4) is 0 Å². The number of Topliss-reactive ketones (excluding diaryl/α,β-unsaturated/α-hetero) is 1. The summed E-state index contributed by atoms with van der Waals surface area (Å²) < 4.78 is 10.4. The molecule has 1 aliphatic heterocycles. The zero-order valence-electron chi connectivity index (χ0n) is 14.7. The molecule has 0 fully saturated rings. The molecule has 1 aromatic carbocycles. The predicted octanol–water partition coefficient (Wildman–Crippen LogP) is 4.12. The lowest BCUT2D eigenvalue weighted by Crippen LogP contribution is -2.34. The molecule has 0 aliphatic carbocycles. The van der Waals surface area contributed by atoms with Crippen LogP contribution in [0.2, 0.25) is 10.0 Å². The summed E-state index contributed by atoms with van der Waals surface area (Å²) >= 11 is 12.1. The van der Waals surface area contributed by atoms with Crippen molar-refractivity contribution in [3.8, 4) is 0 Å². The summed E-state index contributed by atoms with van der Waals surface area (Å²) in [6.45, 7) is 2.11. The number of carbonyl (C=O) groups excluding carboxylic acids is 2. The number of aliphatic hydroxyl groups excluding tert-OH is 1. The maximum atomic E-state index is 13.0. The molecule has 0 saturated heterocycles. The van der Waals surface area contributed by atoms with Crippen LogP contribution in [0.1, 0.15) is 27.9 Å². The number of amides is 1. The second-order valence-corrected chi connectivity index (χ2v) is 6.88. The van der Waals surface area contributed by atoms with Crippen LogP contribution in [-0.4, -0.2) is 42.0 Å². The van der Waals surface area contributed by atoms with E-state index >= 15 is 0 Å². The monoisotopic (exact) mass is 409 g/mol. The molecule has 1 N–H and O–H groups in total. The highest BCUT2D eigenvalue weighted by Gasteiger charge is 2.44. The molecular weight excluding hydrogens is 393 g/mol. The third kappa shape index (κ3) is 3.60. The molecule has 0 spiro atoms. The summed E-state index contributed by atoms with van der Waals surface area (Å²) in [5.74, 6) is -1.24. The van der Waals surface area contributed by atoms with Gasteiger partial charge in [-0.25, -0.2) is 0 Å². The van der Waals surface area contributed by atoms with Gasteiger partial charge in [-0.1, -0.05) is 29.3 Å². The normalized spacial score (nSPS) is 17.1. The third-order valence-corrected chi connectivity index (χ3v) is 5.05. The fourth-order valence-corrected chi connectivity index (χ4v) is 3.33. The van der Waals surface area contributed by atoms with Gasteiger partial charge in [0.15, 0.2) is 11.5 Å². The molecule has 1 unspecified atom stereocenters. The fraction of sp³-hybridized carbons (Fsp3) is 0.263. The number of nitrogens with zero attached hydrogens (tertiary/aromatic N) is 1. The highest BCUT2D eigenvalue weighted by atomic mass is 35.5. The van der Waals surface area contributed by atoms with Crippen molar-refractivity contribution in [3.63, 3.8) is 0 Å². The summed E-state index contributed by atoms with van der Waals surface area (Å²) in [5.41, 5.74) is 0.480. The standard InChI is InChI=1S/C19H17Cl2NO5/c1-10-3-6-14(27-10)17(23)15-16(11-4-5-12(20)13(21)9-11)22(7-8-26-2)19(25)18(15)24/h3-6,9,16,24H,7-8H2,1-2H3. The summed E-state index contributed by atoms with van der Waals surface area (Å²) in [6.07, 6.45) is 0. The molecule has 2 heterocycles. The minimum absolute atomic E-state index is 0.0421. The number of aliphatic hydroxyl groups is 1. The zero-order valence-corrected chi connectivity index (χ0v) is 16.2. The van der Waals surface area contributed by atoms with Gasteiger partial charge in [0.05, 0.1) is 28.3 Å². The Morgan fingerprint density at radius 3 is 2.59 bits per heavy atom. The van der Waals surface area contributed by atoms with E-state index in [-0.39, 0.29) is 29.5 Å². The van der Waals surface area contributed by atoms with Crippen LogP contribution < -0.4 is 0 Å². The van der Waals surface area contributed by atoms with Crippen molar-refractivity contribution in [1.82, 2.24) is 4.90 Å².